The molecule has 0 aromatic heterocycles. The Labute approximate surface area is 135 Å². The number of aryl methyl sites for hydroxylation is 1. The van der Waals surface area contributed by atoms with Crippen molar-refractivity contribution in [1.82, 2.24) is 5.43 Å². The molecule has 0 aliphatic carbocycles. The molecule has 0 heterocycles. The van der Waals surface area contributed by atoms with Crippen molar-refractivity contribution in [2.24, 2.45) is 5.10 Å². The van der Waals surface area contributed by atoms with E-state index in [-0.39, 0.29) is 12.5 Å². The second-order valence-electron chi connectivity index (χ2n) is 5.05. The molecule has 23 heavy (non-hydrogen) atoms. The van der Waals surface area contributed by atoms with Crippen LogP contribution >= 0.6 is 0 Å². The number of hydrogen-bond acceptors (Lipinski definition) is 4. The van der Waals surface area contributed by atoms with Crippen LogP contribution in [0.2, 0.25) is 0 Å². The Balaban J connectivity index is 1.82. The van der Waals surface area contributed by atoms with Crippen LogP contribution in [-0.4, -0.2) is 25.8 Å². The summed E-state index contributed by atoms with van der Waals surface area (Å²) < 4.78 is 10.6. The molecule has 0 fully saturated rings. The van der Waals surface area contributed by atoms with E-state index in [0.29, 0.717) is 5.75 Å². The fraction of sp³-hybridized carbons (Fsp3) is 0.222. The molecule has 0 radical (unpaired) electrons. The number of carbonyl (C=O) groups excluding carboxylic acids is 1. The van der Waals surface area contributed by atoms with Gasteiger partial charge in [0.15, 0.2) is 6.61 Å². The maximum absolute atomic E-state index is 11.7. The number of ether oxygens (including phenoxy) is 2. The van der Waals surface area contributed by atoms with Crippen LogP contribution in [0.1, 0.15) is 16.7 Å². The Morgan fingerprint density at radius 3 is 2.61 bits per heavy atom. The molecule has 5 heteroatoms. The zero-order valence-corrected chi connectivity index (χ0v) is 13.5. The number of amides is 1. The fourth-order valence-electron chi connectivity index (χ4n) is 1.92. The van der Waals surface area contributed by atoms with Crippen molar-refractivity contribution in [3.05, 3.63) is 59.2 Å². The van der Waals surface area contributed by atoms with Crippen LogP contribution in [0.3, 0.4) is 0 Å². The first-order valence-corrected chi connectivity index (χ1v) is 7.25. The Morgan fingerprint density at radius 2 is 1.91 bits per heavy atom. The molecule has 0 unspecified atom stereocenters. The fourth-order valence-corrected chi connectivity index (χ4v) is 1.92. The van der Waals surface area contributed by atoms with E-state index in [0.717, 1.165) is 22.4 Å². The number of carbonyl (C=O) groups is 1. The Kier molecular flexibility index (Phi) is 5.74. The van der Waals surface area contributed by atoms with E-state index < -0.39 is 0 Å². The number of nitrogens with one attached hydrogen (secondary N) is 1. The number of nitrogens with zero attached hydrogens (tertiary/aromatic N) is 1. The third-order valence-corrected chi connectivity index (χ3v) is 3.43. The topological polar surface area (TPSA) is 59.9 Å². The Bertz CT molecular complexity index is 694. The quantitative estimate of drug-likeness (QED) is 0.659. The number of hydrogen-bond donors (Lipinski definition) is 1. The molecule has 5 nitrogen and oxygen atoms in total. The molecule has 2 aromatic carbocycles. The third-order valence-electron chi connectivity index (χ3n) is 3.43. The third kappa shape index (κ3) is 4.85. The number of rotatable bonds is 6. The molecule has 0 saturated heterocycles. The van der Waals surface area contributed by atoms with Gasteiger partial charge in [-0.05, 0) is 60.9 Å². The van der Waals surface area contributed by atoms with Crippen LogP contribution in [0, 0.1) is 13.8 Å². The lowest BCUT2D eigenvalue weighted by atomic mass is 10.1. The highest BCUT2D eigenvalue weighted by Gasteiger charge is 2.05. The van der Waals surface area contributed by atoms with Crippen molar-refractivity contribution in [3.63, 3.8) is 0 Å². The average molecular weight is 312 g/mol. The highest BCUT2D eigenvalue weighted by molar-refractivity contribution is 5.83. The maximum atomic E-state index is 11.7. The summed E-state index contributed by atoms with van der Waals surface area (Å²) in [4.78, 5) is 11.7. The standard InChI is InChI=1S/C18H20N2O3/c1-13-5-4-6-17(14(13)2)23-12-18(21)20-19-11-15-7-9-16(22-3)10-8-15/h4-11H,12H2,1-3H3,(H,20,21)/b19-11+. The van der Waals surface area contributed by atoms with E-state index in [1.54, 1.807) is 13.3 Å². The molecule has 120 valence electrons. The summed E-state index contributed by atoms with van der Waals surface area (Å²) in [5.41, 5.74) is 5.46. The predicted octanol–water partition coefficient (Wildman–Crippen LogP) is 2.84. The van der Waals surface area contributed by atoms with Crippen LogP contribution in [0.15, 0.2) is 47.6 Å². The summed E-state index contributed by atoms with van der Waals surface area (Å²) in [7, 11) is 1.61. The van der Waals surface area contributed by atoms with Crippen LogP contribution in [0.5, 0.6) is 11.5 Å². The van der Waals surface area contributed by atoms with Gasteiger partial charge in [0, 0.05) is 0 Å². The van der Waals surface area contributed by atoms with Gasteiger partial charge in [0.2, 0.25) is 0 Å². The minimum Gasteiger partial charge on any atom is -0.497 e. The Morgan fingerprint density at radius 1 is 1.17 bits per heavy atom. The molecule has 2 aromatic rings. The van der Waals surface area contributed by atoms with E-state index >= 15 is 0 Å². The highest BCUT2D eigenvalue weighted by atomic mass is 16.5. The molecule has 0 saturated carbocycles. The SMILES string of the molecule is COc1ccc(/C=N/NC(=O)COc2cccc(C)c2C)cc1. The van der Waals surface area contributed by atoms with E-state index in [9.17, 15) is 4.79 Å². The molecule has 0 bridgehead atoms. The normalized spacial score (nSPS) is 10.6. The number of methoxy groups -OCH3 is 1. The van der Waals surface area contributed by atoms with Crippen molar-refractivity contribution >= 4 is 12.1 Å². The van der Waals surface area contributed by atoms with Gasteiger partial charge in [-0.3, -0.25) is 4.79 Å². The Hall–Kier alpha value is -2.82. The summed E-state index contributed by atoms with van der Waals surface area (Å²) in [6.45, 7) is 3.88. The minimum absolute atomic E-state index is 0.0791. The lowest BCUT2D eigenvalue weighted by molar-refractivity contribution is -0.123. The van der Waals surface area contributed by atoms with Gasteiger partial charge in [-0.15, -0.1) is 0 Å². The summed E-state index contributed by atoms with van der Waals surface area (Å²) in [6, 6.07) is 13.1. The first-order chi connectivity index (χ1) is 11.1. The average Bonchev–Trinajstić information content (AvgIpc) is 2.57. The molecule has 0 aliphatic rings. The van der Waals surface area contributed by atoms with Crippen molar-refractivity contribution in [2.45, 2.75) is 13.8 Å². The number of benzene rings is 2. The molecule has 0 aliphatic heterocycles. The van der Waals surface area contributed by atoms with Crippen LogP contribution in [0.25, 0.3) is 0 Å². The van der Waals surface area contributed by atoms with Gasteiger partial charge < -0.3 is 9.47 Å². The van der Waals surface area contributed by atoms with Crippen LogP contribution in [-0.2, 0) is 4.79 Å². The van der Waals surface area contributed by atoms with Gasteiger partial charge in [0.05, 0.1) is 13.3 Å². The second kappa shape index (κ2) is 7.98. The lowest BCUT2D eigenvalue weighted by Crippen LogP contribution is -2.24. The van der Waals surface area contributed by atoms with Crippen LogP contribution in [0.4, 0.5) is 0 Å². The van der Waals surface area contributed by atoms with Gasteiger partial charge in [-0.2, -0.15) is 5.10 Å². The second-order valence-corrected chi connectivity index (χ2v) is 5.05. The molecule has 2 rings (SSSR count). The molecule has 1 amide bonds. The van der Waals surface area contributed by atoms with E-state index in [1.165, 1.54) is 0 Å². The molecule has 0 atom stereocenters. The summed E-state index contributed by atoms with van der Waals surface area (Å²) in [5, 5.41) is 3.90. The van der Waals surface area contributed by atoms with Crippen molar-refractivity contribution < 1.29 is 14.3 Å². The smallest absolute Gasteiger partial charge is 0.277 e. The summed E-state index contributed by atoms with van der Waals surface area (Å²) >= 11 is 0. The van der Waals surface area contributed by atoms with Crippen molar-refractivity contribution in [1.29, 1.82) is 0 Å². The minimum atomic E-state index is -0.310. The molecular formula is C18H20N2O3. The molecule has 0 spiro atoms. The molecular weight excluding hydrogens is 292 g/mol. The first-order valence-electron chi connectivity index (χ1n) is 7.25. The van der Waals surface area contributed by atoms with Gasteiger partial charge in [0.1, 0.15) is 11.5 Å². The predicted molar refractivity (Wildman–Crippen MR) is 90.1 cm³/mol. The summed E-state index contributed by atoms with van der Waals surface area (Å²) in [6.07, 6.45) is 1.56. The number of hydrazone groups is 1. The van der Waals surface area contributed by atoms with Crippen molar-refractivity contribution in [2.75, 3.05) is 13.7 Å². The van der Waals surface area contributed by atoms with E-state index in [2.05, 4.69) is 10.5 Å². The monoisotopic (exact) mass is 312 g/mol. The van der Waals surface area contributed by atoms with Gasteiger partial charge in [0.25, 0.3) is 5.91 Å². The highest BCUT2D eigenvalue weighted by Crippen LogP contribution is 2.20. The van der Waals surface area contributed by atoms with Crippen molar-refractivity contribution in [3.8, 4) is 11.5 Å². The van der Waals surface area contributed by atoms with Gasteiger partial charge >= 0.3 is 0 Å². The van der Waals surface area contributed by atoms with Gasteiger partial charge in [-0.1, -0.05) is 12.1 Å². The maximum Gasteiger partial charge on any atom is 0.277 e. The lowest BCUT2D eigenvalue weighted by Gasteiger charge is -2.09. The summed E-state index contributed by atoms with van der Waals surface area (Å²) in [5.74, 6) is 1.17. The largest absolute Gasteiger partial charge is 0.497 e. The zero-order valence-electron chi connectivity index (χ0n) is 13.5. The van der Waals surface area contributed by atoms with Crippen LogP contribution < -0.4 is 14.9 Å². The van der Waals surface area contributed by atoms with Gasteiger partial charge in [-0.25, -0.2) is 5.43 Å². The first kappa shape index (κ1) is 16.5. The van der Waals surface area contributed by atoms with E-state index in [1.807, 2.05) is 56.3 Å². The zero-order chi connectivity index (χ0) is 16.7. The molecule has 1 N–H and O–H groups in total. The van der Waals surface area contributed by atoms with E-state index in [4.69, 9.17) is 9.47 Å².